The Hall–Kier alpha value is -0.610. The van der Waals surface area contributed by atoms with E-state index in [1.807, 2.05) is 0 Å². The molecule has 0 aliphatic heterocycles. The van der Waals surface area contributed by atoms with Gasteiger partial charge in [0.05, 0.1) is 6.10 Å². The number of carbonyl (C=O) groups is 1. The van der Waals surface area contributed by atoms with Crippen LogP contribution in [0, 0.1) is 11.8 Å². The van der Waals surface area contributed by atoms with Crippen LogP contribution >= 0.6 is 0 Å². The third kappa shape index (κ3) is 6.39. The van der Waals surface area contributed by atoms with Gasteiger partial charge in [0.2, 0.25) is 5.91 Å². The molecule has 1 amide bonds. The van der Waals surface area contributed by atoms with Gasteiger partial charge in [-0.15, -0.1) is 0 Å². The Kier molecular flexibility index (Phi) is 7.39. The highest BCUT2D eigenvalue weighted by Crippen LogP contribution is 2.21. The predicted molar refractivity (Wildman–Crippen MR) is 77.6 cm³/mol. The van der Waals surface area contributed by atoms with E-state index in [1.165, 1.54) is 0 Å². The zero-order chi connectivity index (χ0) is 14.3. The molecule has 4 nitrogen and oxygen atoms in total. The summed E-state index contributed by atoms with van der Waals surface area (Å²) in [7, 11) is 0. The van der Waals surface area contributed by atoms with Gasteiger partial charge in [-0.25, -0.2) is 0 Å². The van der Waals surface area contributed by atoms with Crippen molar-refractivity contribution in [3.05, 3.63) is 0 Å². The average molecular weight is 270 g/mol. The van der Waals surface area contributed by atoms with Gasteiger partial charge in [0.1, 0.15) is 0 Å². The van der Waals surface area contributed by atoms with Crippen LogP contribution in [0.15, 0.2) is 0 Å². The highest BCUT2D eigenvalue weighted by Gasteiger charge is 2.22. The molecule has 0 spiro atoms. The second-order valence-corrected chi connectivity index (χ2v) is 6.20. The predicted octanol–water partition coefficient (Wildman–Crippen LogP) is 1.81. The summed E-state index contributed by atoms with van der Waals surface area (Å²) in [6.45, 7) is 5.07. The normalized spacial score (nSPS) is 25.3. The van der Waals surface area contributed by atoms with Gasteiger partial charge in [0.15, 0.2) is 0 Å². The van der Waals surface area contributed by atoms with Gasteiger partial charge in [0.25, 0.3) is 0 Å². The number of aliphatic hydroxyl groups is 1. The molecule has 1 saturated carbocycles. The molecule has 0 aromatic carbocycles. The van der Waals surface area contributed by atoms with Crippen molar-refractivity contribution in [1.29, 1.82) is 0 Å². The van der Waals surface area contributed by atoms with Crippen LogP contribution in [0.5, 0.6) is 0 Å². The van der Waals surface area contributed by atoms with Crippen molar-refractivity contribution in [2.45, 2.75) is 70.9 Å². The van der Waals surface area contributed by atoms with Gasteiger partial charge in [-0.1, -0.05) is 13.8 Å². The van der Waals surface area contributed by atoms with E-state index in [2.05, 4.69) is 19.2 Å². The van der Waals surface area contributed by atoms with Crippen molar-refractivity contribution < 1.29 is 9.90 Å². The zero-order valence-corrected chi connectivity index (χ0v) is 12.4. The van der Waals surface area contributed by atoms with Crippen molar-refractivity contribution in [3.63, 3.8) is 0 Å². The summed E-state index contributed by atoms with van der Waals surface area (Å²) < 4.78 is 0. The van der Waals surface area contributed by atoms with Crippen molar-refractivity contribution in [3.8, 4) is 0 Å². The van der Waals surface area contributed by atoms with E-state index >= 15 is 0 Å². The fourth-order valence-electron chi connectivity index (χ4n) is 2.94. The molecule has 0 radical (unpaired) electrons. The molecule has 1 rings (SSSR count). The van der Waals surface area contributed by atoms with E-state index in [1.54, 1.807) is 0 Å². The fraction of sp³-hybridized carbons (Fsp3) is 0.933. The highest BCUT2D eigenvalue weighted by molar-refractivity contribution is 5.76. The summed E-state index contributed by atoms with van der Waals surface area (Å²) in [6.07, 6.45) is 5.84. The van der Waals surface area contributed by atoms with Crippen LogP contribution in [-0.4, -0.2) is 29.7 Å². The van der Waals surface area contributed by atoms with Crippen molar-refractivity contribution >= 4 is 5.91 Å². The van der Waals surface area contributed by atoms with Crippen LogP contribution in [-0.2, 0) is 4.79 Å². The van der Waals surface area contributed by atoms with Crippen molar-refractivity contribution in [2.75, 3.05) is 6.54 Å². The number of hydrogen-bond donors (Lipinski definition) is 3. The van der Waals surface area contributed by atoms with E-state index in [-0.39, 0.29) is 18.1 Å². The minimum Gasteiger partial charge on any atom is -0.393 e. The summed E-state index contributed by atoms with van der Waals surface area (Å²) in [5.74, 6) is 1.24. The third-order valence-electron chi connectivity index (χ3n) is 4.23. The fourth-order valence-corrected chi connectivity index (χ4v) is 2.94. The minimum atomic E-state index is -0.236. The lowest BCUT2D eigenvalue weighted by molar-refractivity contribution is -0.122. The maximum Gasteiger partial charge on any atom is 0.220 e. The second-order valence-electron chi connectivity index (χ2n) is 6.20. The Morgan fingerprint density at radius 3 is 2.68 bits per heavy atom. The molecule has 1 fully saturated rings. The van der Waals surface area contributed by atoms with E-state index in [9.17, 15) is 9.90 Å². The topological polar surface area (TPSA) is 75.4 Å². The number of nitrogens with two attached hydrogens (primary N) is 1. The lowest BCUT2D eigenvalue weighted by atomic mass is 9.88. The molecule has 4 heteroatoms. The van der Waals surface area contributed by atoms with Gasteiger partial charge in [-0.3, -0.25) is 4.79 Å². The van der Waals surface area contributed by atoms with Crippen LogP contribution < -0.4 is 11.1 Å². The van der Waals surface area contributed by atoms with Gasteiger partial charge in [0, 0.05) is 12.5 Å². The summed E-state index contributed by atoms with van der Waals surface area (Å²) in [6, 6.07) is 0.170. The second kappa shape index (κ2) is 8.54. The lowest BCUT2D eigenvalue weighted by Gasteiger charge is -2.27. The molecule has 3 unspecified atom stereocenters. The molecule has 19 heavy (non-hydrogen) atoms. The van der Waals surface area contributed by atoms with E-state index in [0.29, 0.717) is 31.2 Å². The molecule has 0 aromatic heterocycles. The SMILES string of the molecule is CC(C)C(CCN)CCC(=O)NC1CCCC(O)C1. The van der Waals surface area contributed by atoms with Gasteiger partial charge in [-0.2, -0.15) is 0 Å². The lowest BCUT2D eigenvalue weighted by Crippen LogP contribution is -2.39. The van der Waals surface area contributed by atoms with Crippen molar-refractivity contribution in [2.24, 2.45) is 17.6 Å². The molecule has 112 valence electrons. The monoisotopic (exact) mass is 270 g/mol. The van der Waals surface area contributed by atoms with E-state index in [4.69, 9.17) is 5.73 Å². The molecule has 0 saturated heterocycles. The molecule has 1 aliphatic carbocycles. The maximum absolute atomic E-state index is 11.9. The summed E-state index contributed by atoms with van der Waals surface area (Å²) in [5.41, 5.74) is 5.61. The molecular weight excluding hydrogens is 240 g/mol. The highest BCUT2D eigenvalue weighted by atomic mass is 16.3. The summed E-state index contributed by atoms with van der Waals surface area (Å²) in [4.78, 5) is 11.9. The quantitative estimate of drug-likeness (QED) is 0.660. The average Bonchev–Trinajstić information content (AvgIpc) is 2.34. The van der Waals surface area contributed by atoms with Crippen LogP contribution in [0.25, 0.3) is 0 Å². The standard InChI is InChI=1S/C15H30N2O2/c1-11(2)12(8-9-16)6-7-15(19)17-13-4-3-5-14(18)10-13/h11-14,18H,3-10,16H2,1-2H3,(H,17,19). The van der Waals surface area contributed by atoms with Crippen molar-refractivity contribution in [1.82, 2.24) is 5.32 Å². The number of nitrogens with one attached hydrogen (secondary N) is 1. The Balaban J connectivity index is 2.26. The Morgan fingerprint density at radius 1 is 1.37 bits per heavy atom. The Morgan fingerprint density at radius 2 is 2.11 bits per heavy atom. The molecule has 0 aromatic rings. The smallest absolute Gasteiger partial charge is 0.220 e. The first-order valence-electron chi connectivity index (χ1n) is 7.70. The number of carbonyl (C=O) groups excluding carboxylic acids is 1. The van der Waals surface area contributed by atoms with Gasteiger partial charge < -0.3 is 16.2 Å². The third-order valence-corrected chi connectivity index (χ3v) is 4.23. The molecule has 0 heterocycles. The number of hydrogen-bond acceptors (Lipinski definition) is 3. The number of amides is 1. The van der Waals surface area contributed by atoms with Crippen LogP contribution in [0.1, 0.15) is 58.8 Å². The van der Waals surface area contributed by atoms with Crippen LogP contribution in [0.2, 0.25) is 0 Å². The molecule has 0 bridgehead atoms. The number of rotatable bonds is 7. The zero-order valence-electron chi connectivity index (χ0n) is 12.4. The van der Waals surface area contributed by atoms with Gasteiger partial charge >= 0.3 is 0 Å². The molecule has 3 atom stereocenters. The van der Waals surface area contributed by atoms with Crippen LogP contribution in [0.4, 0.5) is 0 Å². The van der Waals surface area contributed by atoms with E-state index < -0.39 is 0 Å². The summed E-state index contributed by atoms with van der Waals surface area (Å²) in [5, 5.41) is 12.6. The molecular formula is C15H30N2O2. The number of aliphatic hydroxyl groups excluding tert-OH is 1. The Labute approximate surface area is 117 Å². The first kappa shape index (κ1) is 16.4. The largest absolute Gasteiger partial charge is 0.393 e. The molecule has 4 N–H and O–H groups in total. The maximum atomic E-state index is 11.9. The minimum absolute atomic E-state index is 0.127. The first-order valence-corrected chi connectivity index (χ1v) is 7.70. The first-order chi connectivity index (χ1) is 9.02. The van der Waals surface area contributed by atoms with Gasteiger partial charge in [-0.05, 0) is 56.9 Å². The molecule has 1 aliphatic rings. The Bertz CT molecular complexity index is 269. The van der Waals surface area contributed by atoms with Crippen LogP contribution in [0.3, 0.4) is 0 Å². The summed E-state index contributed by atoms with van der Waals surface area (Å²) >= 11 is 0. The van der Waals surface area contributed by atoms with E-state index in [0.717, 1.165) is 32.1 Å².